The molecule has 0 spiro atoms. The van der Waals surface area contributed by atoms with Crippen molar-refractivity contribution in [3.63, 3.8) is 0 Å². The second-order valence-electron chi connectivity index (χ2n) is 4.18. The standard InChI is InChI=1S/C11H12Cl2N2O3S/c12-8-5-7(10(13)19-8)6-9(16)14-1-3-15(4-2-14)11(17)18/h5H,1-4,6H2,(H,17,18). The van der Waals surface area contributed by atoms with Gasteiger partial charge in [0, 0.05) is 26.2 Å². The van der Waals surface area contributed by atoms with E-state index in [2.05, 4.69) is 0 Å². The van der Waals surface area contributed by atoms with Gasteiger partial charge in [0.25, 0.3) is 0 Å². The number of thiophene rings is 1. The van der Waals surface area contributed by atoms with Gasteiger partial charge in [-0.3, -0.25) is 4.79 Å². The first-order valence-electron chi connectivity index (χ1n) is 5.66. The lowest BCUT2D eigenvalue weighted by molar-refractivity contribution is -0.132. The van der Waals surface area contributed by atoms with Gasteiger partial charge in [0.1, 0.15) is 0 Å². The number of piperazine rings is 1. The summed E-state index contributed by atoms with van der Waals surface area (Å²) in [4.78, 5) is 25.8. The molecule has 1 aromatic rings. The fraction of sp³-hybridized carbons (Fsp3) is 0.455. The predicted molar refractivity (Wildman–Crippen MR) is 74.2 cm³/mol. The fourth-order valence-corrected chi connectivity index (χ4v) is 3.40. The molecule has 0 unspecified atom stereocenters. The second kappa shape index (κ2) is 5.98. The molecule has 1 aliphatic heterocycles. The number of carbonyl (C=O) groups excluding carboxylic acids is 1. The Bertz CT molecular complexity index is 498. The average Bonchev–Trinajstić information content (AvgIpc) is 2.68. The molecule has 1 fully saturated rings. The molecule has 5 nitrogen and oxygen atoms in total. The summed E-state index contributed by atoms with van der Waals surface area (Å²) in [7, 11) is 0. The highest BCUT2D eigenvalue weighted by molar-refractivity contribution is 7.20. The number of amides is 2. The Balaban J connectivity index is 1.91. The lowest BCUT2D eigenvalue weighted by atomic mass is 10.2. The van der Waals surface area contributed by atoms with E-state index in [4.69, 9.17) is 28.3 Å². The van der Waals surface area contributed by atoms with Gasteiger partial charge in [0.05, 0.1) is 15.1 Å². The van der Waals surface area contributed by atoms with Crippen LogP contribution in [0.3, 0.4) is 0 Å². The van der Waals surface area contributed by atoms with Crippen LogP contribution in [0.4, 0.5) is 4.79 Å². The Morgan fingerprint density at radius 2 is 1.79 bits per heavy atom. The van der Waals surface area contributed by atoms with Crippen LogP contribution in [0.2, 0.25) is 8.67 Å². The lowest BCUT2D eigenvalue weighted by Crippen LogP contribution is -2.50. The van der Waals surface area contributed by atoms with Crippen molar-refractivity contribution < 1.29 is 14.7 Å². The Hall–Kier alpha value is -0.980. The number of carboxylic acid groups (broad SMARTS) is 1. The maximum Gasteiger partial charge on any atom is 0.407 e. The van der Waals surface area contributed by atoms with E-state index in [9.17, 15) is 9.59 Å². The first-order valence-corrected chi connectivity index (χ1v) is 7.24. The van der Waals surface area contributed by atoms with Crippen molar-refractivity contribution >= 4 is 46.5 Å². The van der Waals surface area contributed by atoms with Crippen molar-refractivity contribution in [1.82, 2.24) is 9.80 Å². The molecule has 19 heavy (non-hydrogen) atoms. The van der Waals surface area contributed by atoms with Crippen molar-refractivity contribution in [3.05, 3.63) is 20.3 Å². The number of hydrogen-bond acceptors (Lipinski definition) is 3. The first-order chi connectivity index (χ1) is 8.97. The van der Waals surface area contributed by atoms with E-state index in [1.807, 2.05) is 0 Å². The minimum Gasteiger partial charge on any atom is -0.465 e. The molecule has 1 aliphatic rings. The molecule has 0 aliphatic carbocycles. The van der Waals surface area contributed by atoms with Crippen LogP contribution in [0.15, 0.2) is 6.07 Å². The van der Waals surface area contributed by atoms with Gasteiger partial charge < -0.3 is 14.9 Å². The zero-order chi connectivity index (χ0) is 14.0. The molecule has 0 atom stereocenters. The number of nitrogens with zero attached hydrogens (tertiary/aromatic N) is 2. The molecule has 1 N–H and O–H groups in total. The minimum atomic E-state index is -0.945. The quantitative estimate of drug-likeness (QED) is 0.909. The van der Waals surface area contributed by atoms with Gasteiger partial charge in [-0.2, -0.15) is 0 Å². The predicted octanol–water partition coefficient (Wildman–Crippen LogP) is 2.42. The molecule has 2 rings (SSSR count). The van der Waals surface area contributed by atoms with Gasteiger partial charge in [0.2, 0.25) is 5.91 Å². The summed E-state index contributed by atoms with van der Waals surface area (Å²) in [6.07, 6.45) is -0.741. The van der Waals surface area contributed by atoms with Crippen molar-refractivity contribution in [2.24, 2.45) is 0 Å². The Morgan fingerprint density at radius 1 is 1.21 bits per heavy atom. The largest absolute Gasteiger partial charge is 0.465 e. The third kappa shape index (κ3) is 3.52. The lowest BCUT2D eigenvalue weighted by Gasteiger charge is -2.33. The molecule has 1 aromatic heterocycles. The van der Waals surface area contributed by atoms with Crippen LogP contribution in [0.5, 0.6) is 0 Å². The third-order valence-electron chi connectivity index (χ3n) is 2.97. The van der Waals surface area contributed by atoms with E-state index in [0.717, 1.165) is 5.56 Å². The number of halogens is 2. The highest BCUT2D eigenvalue weighted by Crippen LogP contribution is 2.31. The molecule has 0 radical (unpaired) electrons. The fourth-order valence-electron chi connectivity index (χ4n) is 1.92. The summed E-state index contributed by atoms with van der Waals surface area (Å²) >= 11 is 13.0. The molecule has 104 valence electrons. The Kier molecular flexibility index (Phi) is 4.54. The molecule has 8 heteroatoms. The number of hydrogen-bond donors (Lipinski definition) is 1. The molecule has 2 amide bonds. The third-order valence-corrected chi connectivity index (χ3v) is 4.54. The topological polar surface area (TPSA) is 60.9 Å². The van der Waals surface area contributed by atoms with Crippen LogP contribution in [0, 0.1) is 0 Å². The van der Waals surface area contributed by atoms with Gasteiger partial charge in [-0.25, -0.2) is 4.79 Å². The van der Waals surface area contributed by atoms with Crippen LogP contribution in [0.25, 0.3) is 0 Å². The zero-order valence-electron chi connectivity index (χ0n) is 9.94. The van der Waals surface area contributed by atoms with Crippen molar-refractivity contribution in [3.8, 4) is 0 Å². The summed E-state index contributed by atoms with van der Waals surface area (Å²) in [5.41, 5.74) is 0.724. The van der Waals surface area contributed by atoms with Crippen molar-refractivity contribution in [1.29, 1.82) is 0 Å². The average molecular weight is 323 g/mol. The smallest absolute Gasteiger partial charge is 0.407 e. The van der Waals surface area contributed by atoms with Gasteiger partial charge in [-0.1, -0.05) is 23.2 Å². The summed E-state index contributed by atoms with van der Waals surface area (Å²) in [6, 6.07) is 1.69. The van der Waals surface area contributed by atoms with Crippen LogP contribution in [-0.4, -0.2) is 53.1 Å². The van der Waals surface area contributed by atoms with Crippen molar-refractivity contribution in [2.45, 2.75) is 6.42 Å². The van der Waals surface area contributed by atoms with Crippen LogP contribution < -0.4 is 0 Å². The van der Waals surface area contributed by atoms with Gasteiger partial charge in [-0.05, 0) is 11.6 Å². The molecule has 0 saturated carbocycles. The van der Waals surface area contributed by atoms with Crippen LogP contribution in [-0.2, 0) is 11.2 Å². The van der Waals surface area contributed by atoms with E-state index in [-0.39, 0.29) is 12.3 Å². The second-order valence-corrected chi connectivity index (χ2v) is 6.46. The first kappa shape index (κ1) is 14.4. The van der Waals surface area contributed by atoms with Gasteiger partial charge >= 0.3 is 6.09 Å². The van der Waals surface area contributed by atoms with Crippen LogP contribution >= 0.6 is 34.5 Å². The molecular weight excluding hydrogens is 311 g/mol. The zero-order valence-corrected chi connectivity index (χ0v) is 12.3. The highest BCUT2D eigenvalue weighted by atomic mass is 35.5. The molecule has 0 aromatic carbocycles. The normalized spacial score (nSPS) is 15.7. The van der Waals surface area contributed by atoms with E-state index >= 15 is 0 Å². The molecular formula is C11H12Cl2N2O3S. The molecule has 0 bridgehead atoms. The summed E-state index contributed by atoms with van der Waals surface area (Å²) in [6.45, 7) is 1.53. The van der Waals surface area contributed by atoms with Crippen LogP contribution in [0.1, 0.15) is 5.56 Å². The van der Waals surface area contributed by atoms with E-state index in [1.165, 1.54) is 16.2 Å². The molecule has 1 saturated heterocycles. The minimum absolute atomic E-state index is 0.0543. The van der Waals surface area contributed by atoms with E-state index in [1.54, 1.807) is 11.0 Å². The van der Waals surface area contributed by atoms with Gasteiger partial charge in [0.15, 0.2) is 0 Å². The molecule has 2 heterocycles. The number of carbonyl (C=O) groups is 2. The van der Waals surface area contributed by atoms with E-state index < -0.39 is 6.09 Å². The summed E-state index contributed by atoms with van der Waals surface area (Å²) in [5, 5.41) is 8.83. The highest BCUT2D eigenvalue weighted by Gasteiger charge is 2.24. The SMILES string of the molecule is O=C(O)N1CCN(C(=O)Cc2cc(Cl)sc2Cl)CC1. The maximum absolute atomic E-state index is 12.1. The van der Waals surface area contributed by atoms with E-state index in [0.29, 0.717) is 34.9 Å². The van der Waals surface area contributed by atoms with Gasteiger partial charge in [-0.15, -0.1) is 11.3 Å². The monoisotopic (exact) mass is 322 g/mol. The Morgan fingerprint density at radius 3 is 2.26 bits per heavy atom. The maximum atomic E-state index is 12.1. The van der Waals surface area contributed by atoms with Crippen molar-refractivity contribution in [2.75, 3.05) is 26.2 Å². The summed E-state index contributed by atoms with van der Waals surface area (Å²) < 4.78 is 1.09. The number of rotatable bonds is 2. The summed E-state index contributed by atoms with van der Waals surface area (Å²) in [5.74, 6) is -0.0543. The Labute approximate surface area is 124 Å².